The first-order chi connectivity index (χ1) is 14.1. The van der Waals surface area contributed by atoms with Crippen molar-refractivity contribution in [2.24, 2.45) is 0 Å². The van der Waals surface area contributed by atoms with E-state index in [0.29, 0.717) is 6.07 Å². The van der Waals surface area contributed by atoms with E-state index in [-0.39, 0.29) is 16.9 Å². The van der Waals surface area contributed by atoms with Gasteiger partial charge in [-0.25, -0.2) is 18.4 Å². The summed E-state index contributed by atoms with van der Waals surface area (Å²) in [5.74, 6) is -5.26. The fraction of sp³-hybridized carbons (Fsp3) is 0.263. The Hall–Kier alpha value is -3.12. The van der Waals surface area contributed by atoms with Gasteiger partial charge in [0.25, 0.3) is 0 Å². The van der Waals surface area contributed by atoms with Gasteiger partial charge < -0.3 is 35.0 Å². The van der Waals surface area contributed by atoms with E-state index in [1.807, 2.05) is 0 Å². The van der Waals surface area contributed by atoms with Crippen LogP contribution in [-0.4, -0.2) is 68.2 Å². The van der Waals surface area contributed by atoms with Gasteiger partial charge in [0.1, 0.15) is 41.3 Å². The number of aliphatic hydroxyl groups excluding tert-OH is 3. The number of hydrogen-bond acceptors (Lipinski definition) is 7. The Morgan fingerprint density at radius 3 is 2.23 bits per heavy atom. The molecule has 11 heteroatoms. The average molecular weight is 426 g/mol. The van der Waals surface area contributed by atoms with Crippen molar-refractivity contribution < 1.29 is 53.4 Å². The molecule has 0 bridgehead atoms. The highest BCUT2D eigenvalue weighted by Crippen LogP contribution is 2.31. The highest BCUT2D eigenvalue weighted by molar-refractivity contribution is 5.92. The van der Waals surface area contributed by atoms with E-state index in [0.717, 1.165) is 24.3 Å². The second kappa shape index (κ2) is 8.32. The van der Waals surface area contributed by atoms with Gasteiger partial charge in [0.05, 0.1) is 0 Å². The maximum Gasteiger partial charge on any atom is 0.339 e. The van der Waals surface area contributed by atoms with Crippen molar-refractivity contribution in [2.75, 3.05) is 0 Å². The van der Waals surface area contributed by atoms with Gasteiger partial charge in [-0.2, -0.15) is 0 Å². The third-order valence-corrected chi connectivity index (χ3v) is 4.51. The van der Waals surface area contributed by atoms with Crippen molar-refractivity contribution in [3.63, 3.8) is 0 Å². The van der Waals surface area contributed by atoms with Crippen molar-refractivity contribution >= 4 is 11.9 Å². The summed E-state index contributed by atoms with van der Waals surface area (Å²) in [6.07, 6.45) is -9.54. The summed E-state index contributed by atoms with van der Waals surface area (Å²) in [5, 5.41) is 48.0. The summed E-state index contributed by atoms with van der Waals surface area (Å²) < 4.78 is 37.3. The molecule has 1 saturated heterocycles. The summed E-state index contributed by atoms with van der Waals surface area (Å²) in [6.45, 7) is 0. The second-order valence-electron chi connectivity index (χ2n) is 6.49. The molecule has 2 aromatic rings. The number of rotatable bonds is 5. The lowest BCUT2D eigenvalue weighted by molar-refractivity contribution is -0.271. The Bertz CT molecular complexity index is 980. The smallest absolute Gasteiger partial charge is 0.339 e. The molecule has 0 radical (unpaired) electrons. The number of aliphatic carboxylic acids is 1. The minimum Gasteiger partial charge on any atom is -0.479 e. The molecule has 0 aliphatic carbocycles. The zero-order valence-corrected chi connectivity index (χ0v) is 15.0. The van der Waals surface area contributed by atoms with Gasteiger partial charge >= 0.3 is 11.9 Å². The zero-order valence-electron chi connectivity index (χ0n) is 15.0. The van der Waals surface area contributed by atoms with Crippen LogP contribution in [0.5, 0.6) is 5.75 Å². The van der Waals surface area contributed by atoms with Crippen molar-refractivity contribution in [2.45, 2.75) is 30.7 Å². The molecule has 0 aromatic heterocycles. The van der Waals surface area contributed by atoms with E-state index in [9.17, 15) is 38.8 Å². The first-order valence-corrected chi connectivity index (χ1v) is 8.52. The largest absolute Gasteiger partial charge is 0.479 e. The van der Waals surface area contributed by atoms with Crippen LogP contribution in [0, 0.1) is 11.6 Å². The van der Waals surface area contributed by atoms with Crippen molar-refractivity contribution in [3.8, 4) is 16.9 Å². The number of carboxylic acids is 2. The molecule has 1 heterocycles. The number of carbonyl (C=O) groups is 2. The number of hydrogen-bond donors (Lipinski definition) is 5. The molecule has 1 fully saturated rings. The third kappa shape index (κ3) is 4.09. The molecule has 5 unspecified atom stereocenters. The minimum atomic E-state index is -1.94. The molecule has 160 valence electrons. The number of carboxylic acid groups (broad SMARTS) is 2. The van der Waals surface area contributed by atoms with Gasteiger partial charge in [0.2, 0.25) is 6.29 Å². The minimum absolute atomic E-state index is 0.0797. The molecule has 0 spiro atoms. The van der Waals surface area contributed by atoms with Crippen molar-refractivity contribution in [1.82, 2.24) is 0 Å². The topological polar surface area (TPSA) is 154 Å². The van der Waals surface area contributed by atoms with Gasteiger partial charge in [-0.05, 0) is 29.8 Å². The summed E-state index contributed by atoms with van der Waals surface area (Å²) >= 11 is 0. The number of benzene rings is 2. The van der Waals surface area contributed by atoms with E-state index in [2.05, 4.69) is 0 Å². The Morgan fingerprint density at radius 2 is 1.63 bits per heavy atom. The first kappa shape index (κ1) is 21.6. The molecule has 30 heavy (non-hydrogen) atoms. The van der Waals surface area contributed by atoms with Gasteiger partial charge in [-0.1, -0.05) is 6.07 Å². The predicted molar refractivity (Wildman–Crippen MR) is 93.7 cm³/mol. The molecule has 1 aliphatic rings. The Kier molecular flexibility index (Phi) is 5.99. The highest BCUT2D eigenvalue weighted by Gasteiger charge is 2.48. The molecule has 2 aromatic carbocycles. The van der Waals surface area contributed by atoms with Crippen LogP contribution in [-0.2, 0) is 9.53 Å². The Labute approximate surface area is 167 Å². The summed E-state index contributed by atoms with van der Waals surface area (Å²) in [5.41, 5.74) is -0.496. The number of aliphatic hydroxyl groups is 3. The predicted octanol–water partition coefficient (Wildman–Crippen LogP) is 0.601. The summed E-state index contributed by atoms with van der Waals surface area (Å²) in [6, 6.07) is 6.13. The van der Waals surface area contributed by atoms with E-state index < -0.39 is 59.8 Å². The summed E-state index contributed by atoms with van der Waals surface area (Å²) in [4.78, 5) is 22.8. The number of aromatic carboxylic acids is 1. The van der Waals surface area contributed by atoms with Gasteiger partial charge in [0, 0.05) is 11.6 Å². The molecular formula is C19H16F2O9. The van der Waals surface area contributed by atoms with Crippen LogP contribution in [0.25, 0.3) is 11.1 Å². The molecule has 9 nitrogen and oxygen atoms in total. The SMILES string of the molecule is O=C(O)c1cc(-c2ccc(F)cc2F)ccc1OC1OC(C(=O)O)C(O)C(O)C1O. The van der Waals surface area contributed by atoms with Gasteiger partial charge in [-0.15, -0.1) is 0 Å². The second-order valence-corrected chi connectivity index (χ2v) is 6.49. The first-order valence-electron chi connectivity index (χ1n) is 8.52. The fourth-order valence-electron chi connectivity index (χ4n) is 2.97. The number of halogens is 2. The quantitative estimate of drug-likeness (QED) is 0.462. The molecule has 5 atom stereocenters. The van der Waals surface area contributed by atoms with Gasteiger partial charge in [-0.3, -0.25) is 0 Å². The van der Waals surface area contributed by atoms with Crippen LogP contribution in [0.3, 0.4) is 0 Å². The number of ether oxygens (including phenoxy) is 2. The van der Waals surface area contributed by atoms with E-state index in [4.69, 9.17) is 14.6 Å². The molecule has 3 rings (SSSR count). The molecular weight excluding hydrogens is 410 g/mol. The Balaban J connectivity index is 1.94. The lowest BCUT2D eigenvalue weighted by Gasteiger charge is -2.38. The molecule has 0 amide bonds. The maximum atomic E-state index is 14.0. The van der Waals surface area contributed by atoms with E-state index >= 15 is 0 Å². The standard InChI is InChI=1S/C19H16F2O9/c20-8-2-3-9(11(21)6-8)7-1-4-12(10(5-7)17(25)26)29-19-15(24)13(22)14(23)16(30-19)18(27)28/h1-6,13-16,19,22-24H,(H,25,26)(H,27,28). The van der Waals surface area contributed by atoms with Crippen molar-refractivity contribution in [1.29, 1.82) is 0 Å². The van der Waals surface area contributed by atoms with Crippen LogP contribution in [0.2, 0.25) is 0 Å². The van der Waals surface area contributed by atoms with E-state index in [1.54, 1.807) is 0 Å². The van der Waals surface area contributed by atoms with Crippen LogP contribution in [0.4, 0.5) is 8.78 Å². The van der Waals surface area contributed by atoms with Gasteiger partial charge in [0.15, 0.2) is 6.10 Å². The monoisotopic (exact) mass is 426 g/mol. The summed E-state index contributed by atoms with van der Waals surface area (Å²) in [7, 11) is 0. The van der Waals surface area contributed by atoms with Crippen molar-refractivity contribution in [3.05, 3.63) is 53.6 Å². The molecule has 5 N–H and O–H groups in total. The van der Waals surface area contributed by atoms with E-state index in [1.165, 1.54) is 6.07 Å². The average Bonchev–Trinajstić information content (AvgIpc) is 2.68. The normalized spacial score (nSPS) is 26.2. The molecule has 0 saturated carbocycles. The maximum absolute atomic E-state index is 14.0. The van der Waals surface area contributed by atoms with Crippen LogP contribution < -0.4 is 4.74 Å². The Morgan fingerprint density at radius 1 is 0.933 bits per heavy atom. The lowest BCUT2D eigenvalue weighted by Crippen LogP contribution is -2.61. The van der Waals surface area contributed by atoms with Crippen LogP contribution in [0.1, 0.15) is 10.4 Å². The fourth-order valence-corrected chi connectivity index (χ4v) is 2.97. The lowest BCUT2D eigenvalue weighted by atomic mass is 9.98. The third-order valence-electron chi connectivity index (χ3n) is 4.51. The highest BCUT2D eigenvalue weighted by atomic mass is 19.1. The zero-order chi connectivity index (χ0) is 22.2. The van der Waals surface area contributed by atoms with Crippen LogP contribution >= 0.6 is 0 Å². The van der Waals surface area contributed by atoms with Crippen LogP contribution in [0.15, 0.2) is 36.4 Å². The molecule has 1 aliphatic heterocycles.